The molecule has 5 aliphatic rings. The summed E-state index contributed by atoms with van der Waals surface area (Å²) in [5, 5.41) is 5.85. The Morgan fingerprint density at radius 2 is 1.71 bits per heavy atom. The maximum Gasteiger partial charge on any atom is 0.306 e. The van der Waals surface area contributed by atoms with Crippen LogP contribution < -0.4 is 10.6 Å². The van der Waals surface area contributed by atoms with E-state index >= 15 is 0 Å². The summed E-state index contributed by atoms with van der Waals surface area (Å²) in [5.74, 6) is -0.460. The molecule has 1 aromatic heterocycles. The van der Waals surface area contributed by atoms with Crippen molar-refractivity contribution >= 4 is 57.7 Å². The van der Waals surface area contributed by atoms with Gasteiger partial charge in [0.1, 0.15) is 30.9 Å². The SMILES string of the molecule is Cc1ncsc1-c1ccc([C@H](C)NC(=O)[C@@H]2CCCN2C(=O)C(NC(=O)COCCOCC(=O)S[C@@H]2CC3=CC(=O)CCC3(C)C3CCC(C)([C@@]4(C)CCC(=O)O4)CC32)C(C)(C)C)cc1. The number of fused-ring (bicyclic) bond motifs is 3. The number of cyclic esters (lactones) is 1. The van der Waals surface area contributed by atoms with Crippen molar-refractivity contribution in [2.45, 2.75) is 149 Å². The summed E-state index contributed by atoms with van der Waals surface area (Å²) >= 11 is 2.90. The molecular weight excluding hydrogens is 865 g/mol. The Hall–Kier alpha value is -3.92. The number of esters is 1. The first-order chi connectivity index (χ1) is 30.7. The Morgan fingerprint density at radius 1 is 0.985 bits per heavy atom. The van der Waals surface area contributed by atoms with Gasteiger partial charge in [0.2, 0.25) is 22.8 Å². The molecule has 7 rings (SSSR count). The number of hydrogen-bond donors (Lipinski definition) is 2. The number of ether oxygens (including phenoxy) is 3. The molecule has 354 valence electrons. The lowest BCUT2D eigenvalue weighted by Crippen LogP contribution is -2.58. The number of likely N-dealkylation sites (tertiary alicyclic amines) is 1. The molecule has 0 radical (unpaired) electrons. The monoisotopic (exact) mass is 932 g/mol. The molecule has 15 heteroatoms. The van der Waals surface area contributed by atoms with E-state index < -0.39 is 29.0 Å². The van der Waals surface area contributed by atoms with Gasteiger partial charge in [-0.15, -0.1) is 11.3 Å². The molecule has 9 atom stereocenters. The van der Waals surface area contributed by atoms with E-state index in [4.69, 9.17) is 14.2 Å². The molecule has 2 saturated heterocycles. The lowest BCUT2D eigenvalue weighted by molar-refractivity contribution is -0.165. The van der Waals surface area contributed by atoms with E-state index in [9.17, 15) is 28.8 Å². The van der Waals surface area contributed by atoms with Gasteiger partial charge >= 0.3 is 5.97 Å². The number of carbonyl (C=O) groups is 6. The lowest BCUT2D eigenvalue weighted by Gasteiger charge is -2.59. The number of allylic oxidation sites excluding steroid dienone is 2. The molecular formula is C50H68N4O9S2. The van der Waals surface area contributed by atoms with Gasteiger partial charge in [0.25, 0.3) is 0 Å². The van der Waals surface area contributed by atoms with Crippen molar-refractivity contribution in [3.63, 3.8) is 0 Å². The Labute approximate surface area is 392 Å². The molecule has 2 aliphatic heterocycles. The van der Waals surface area contributed by atoms with E-state index in [0.717, 1.165) is 53.0 Å². The Balaban J connectivity index is 0.871. The number of ketones is 1. The Bertz CT molecular complexity index is 2170. The van der Waals surface area contributed by atoms with Crippen LogP contribution in [-0.2, 0) is 43.0 Å². The van der Waals surface area contributed by atoms with Crippen molar-refractivity contribution in [3.8, 4) is 10.4 Å². The predicted octanol–water partition coefficient (Wildman–Crippen LogP) is 7.70. The molecule has 2 aromatic rings. The van der Waals surface area contributed by atoms with Crippen molar-refractivity contribution in [3.05, 3.63) is 52.7 Å². The van der Waals surface area contributed by atoms with Crippen LogP contribution in [-0.4, -0.2) is 100 Å². The number of thiazole rings is 1. The lowest BCUT2D eigenvalue weighted by atomic mass is 9.48. The van der Waals surface area contributed by atoms with Gasteiger partial charge in [-0.2, -0.15) is 0 Å². The topological polar surface area (TPSA) is 170 Å². The number of nitrogens with one attached hydrogen (secondary N) is 2. The fraction of sp³-hybridized carbons (Fsp3) is 0.660. The van der Waals surface area contributed by atoms with E-state index in [1.165, 1.54) is 11.8 Å². The van der Waals surface area contributed by atoms with E-state index in [0.29, 0.717) is 51.0 Å². The zero-order chi connectivity index (χ0) is 46.9. The third kappa shape index (κ3) is 10.6. The fourth-order valence-electron chi connectivity index (χ4n) is 11.3. The molecule has 0 spiro atoms. The highest BCUT2D eigenvalue weighted by Crippen LogP contribution is 2.64. The van der Waals surface area contributed by atoms with Crippen LogP contribution in [0.15, 0.2) is 41.4 Å². The number of aryl methyl sites for hydroxylation is 1. The van der Waals surface area contributed by atoms with Crippen molar-refractivity contribution in [2.24, 2.45) is 28.1 Å². The number of hydrogen-bond acceptors (Lipinski definition) is 12. The summed E-state index contributed by atoms with van der Waals surface area (Å²) in [5.41, 5.74) is 4.49. The first-order valence-electron chi connectivity index (χ1n) is 23.4. The molecule has 4 fully saturated rings. The zero-order valence-electron chi connectivity index (χ0n) is 39.4. The number of thioether (sulfide) groups is 1. The fourth-order valence-corrected chi connectivity index (χ4v) is 13.3. The summed E-state index contributed by atoms with van der Waals surface area (Å²) in [4.78, 5) is 86.4. The van der Waals surface area contributed by atoms with Crippen molar-refractivity contribution < 1.29 is 43.0 Å². The van der Waals surface area contributed by atoms with Crippen molar-refractivity contribution in [1.82, 2.24) is 20.5 Å². The summed E-state index contributed by atoms with van der Waals surface area (Å²) < 4.78 is 17.4. The van der Waals surface area contributed by atoms with E-state index in [-0.39, 0.29) is 83.1 Å². The van der Waals surface area contributed by atoms with Gasteiger partial charge in [-0.05, 0) is 112 Å². The highest BCUT2D eigenvalue weighted by atomic mass is 32.2. The standard InChI is InChI=1S/C50H68N4O9S2/c1-30(32-11-13-33(14-12-32)43-31(2)51-29-64-43)52-45(59)38-10-9-21-54(38)46(60)44(47(3,4)5)53-40(56)27-61-22-23-62-28-42(58)65-39-25-34-24-35(55)15-19-49(34,7)37-16-18-48(6,26-36(37)39)50(8)20-17-41(57)63-50/h11-14,24,29-30,36-39,44H,9-10,15-23,25-28H2,1-8H3,(H,52,59)(H,53,56)/t30-,36?,37?,38-,39+,44?,48?,49?,50+/m0/s1. The number of amides is 3. The van der Waals surface area contributed by atoms with Crippen LogP contribution in [0.5, 0.6) is 0 Å². The molecule has 3 aliphatic carbocycles. The summed E-state index contributed by atoms with van der Waals surface area (Å²) in [6, 6.07) is 6.24. The predicted molar refractivity (Wildman–Crippen MR) is 251 cm³/mol. The zero-order valence-corrected chi connectivity index (χ0v) is 41.1. The number of aromatic nitrogens is 1. The second-order valence-corrected chi connectivity index (χ2v) is 23.0. The molecule has 0 bridgehead atoms. The average Bonchev–Trinajstić information content (AvgIpc) is 4.01. The molecule has 2 N–H and O–H groups in total. The second-order valence-electron chi connectivity index (χ2n) is 20.8. The largest absolute Gasteiger partial charge is 0.459 e. The Kier molecular flexibility index (Phi) is 14.9. The normalized spacial score (nSPS) is 29.8. The smallest absolute Gasteiger partial charge is 0.306 e. The molecule has 13 nitrogen and oxygen atoms in total. The van der Waals surface area contributed by atoms with Crippen LogP contribution in [0.25, 0.3) is 10.4 Å². The van der Waals surface area contributed by atoms with Gasteiger partial charge in [-0.3, -0.25) is 28.8 Å². The van der Waals surface area contributed by atoms with Crippen molar-refractivity contribution in [1.29, 1.82) is 0 Å². The van der Waals surface area contributed by atoms with Crippen LogP contribution in [0.4, 0.5) is 0 Å². The van der Waals surface area contributed by atoms with Gasteiger partial charge in [-0.1, -0.05) is 76.2 Å². The summed E-state index contributed by atoms with van der Waals surface area (Å²) in [6.07, 6.45) is 8.93. The first kappa shape index (κ1) is 49.0. The quantitative estimate of drug-likeness (QED) is 0.133. The van der Waals surface area contributed by atoms with Crippen molar-refractivity contribution in [2.75, 3.05) is 33.0 Å². The summed E-state index contributed by atoms with van der Waals surface area (Å²) in [6.45, 7) is 16.3. The Morgan fingerprint density at radius 3 is 2.37 bits per heavy atom. The molecule has 3 heterocycles. The highest BCUT2D eigenvalue weighted by Gasteiger charge is 2.60. The van der Waals surface area contributed by atoms with Gasteiger partial charge in [0.15, 0.2) is 5.78 Å². The van der Waals surface area contributed by atoms with E-state index in [1.807, 2.05) is 70.5 Å². The number of rotatable bonds is 15. The molecule has 5 unspecified atom stereocenters. The van der Waals surface area contributed by atoms with E-state index in [1.54, 1.807) is 16.2 Å². The van der Waals surface area contributed by atoms with Crippen LogP contribution >= 0.6 is 23.1 Å². The number of carbonyl (C=O) groups excluding carboxylic acids is 6. The minimum absolute atomic E-state index is 0.0311. The molecule has 2 saturated carbocycles. The van der Waals surface area contributed by atoms with Gasteiger partial charge in [-0.25, -0.2) is 4.98 Å². The maximum absolute atomic E-state index is 14.1. The molecule has 3 amide bonds. The summed E-state index contributed by atoms with van der Waals surface area (Å²) in [7, 11) is 0. The average molecular weight is 933 g/mol. The molecule has 65 heavy (non-hydrogen) atoms. The second kappa shape index (κ2) is 19.7. The van der Waals surface area contributed by atoms with Gasteiger partial charge < -0.3 is 29.7 Å². The maximum atomic E-state index is 14.1. The van der Waals surface area contributed by atoms with Gasteiger partial charge in [0, 0.05) is 30.1 Å². The molecule has 1 aromatic carbocycles. The van der Waals surface area contributed by atoms with Gasteiger partial charge in [0.05, 0.1) is 35.3 Å². The number of benzene rings is 1. The minimum atomic E-state index is -0.893. The minimum Gasteiger partial charge on any atom is -0.459 e. The van der Waals surface area contributed by atoms with Crippen LogP contribution in [0.1, 0.15) is 130 Å². The number of nitrogens with zero attached hydrogens (tertiary/aromatic N) is 2. The van der Waals surface area contributed by atoms with Crippen LogP contribution in [0.3, 0.4) is 0 Å². The van der Waals surface area contributed by atoms with E-state index in [2.05, 4.69) is 36.4 Å². The van der Waals surface area contributed by atoms with Crippen LogP contribution in [0, 0.1) is 35.0 Å². The first-order valence-corrected chi connectivity index (χ1v) is 25.2. The highest BCUT2D eigenvalue weighted by molar-refractivity contribution is 8.14. The third-order valence-electron chi connectivity index (χ3n) is 15.5. The third-order valence-corrected chi connectivity index (χ3v) is 17.6. The van der Waals surface area contributed by atoms with Crippen LogP contribution in [0.2, 0.25) is 0 Å².